The van der Waals surface area contributed by atoms with Crippen molar-refractivity contribution in [2.45, 2.75) is 45.3 Å². The summed E-state index contributed by atoms with van der Waals surface area (Å²) in [5, 5.41) is 20.6. The predicted molar refractivity (Wildman–Crippen MR) is 75.4 cm³/mol. The van der Waals surface area contributed by atoms with Crippen LogP contribution in [0.5, 0.6) is 0 Å². The molecule has 0 aromatic rings. The first-order valence-electron chi connectivity index (χ1n) is 7.45. The molecule has 1 aliphatic heterocycles. The van der Waals surface area contributed by atoms with E-state index in [-0.39, 0.29) is 23.8 Å². The molecule has 2 aliphatic rings. The monoisotopic (exact) mass is 300 g/mol. The Morgan fingerprint density at radius 3 is 2.33 bits per heavy atom. The van der Waals surface area contributed by atoms with Gasteiger partial charge in [0, 0.05) is 23.9 Å². The van der Waals surface area contributed by atoms with Crippen LogP contribution in [0.4, 0.5) is 4.79 Å². The van der Waals surface area contributed by atoms with Crippen LogP contribution >= 0.6 is 0 Å². The molecule has 0 aromatic carbocycles. The van der Waals surface area contributed by atoms with E-state index in [0.29, 0.717) is 13.1 Å². The number of rotatable bonds is 3. The van der Waals surface area contributed by atoms with Crippen LogP contribution in [0.25, 0.3) is 0 Å². The van der Waals surface area contributed by atoms with E-state index in [9.17, 15) is 20.0 Å². The first kappa shape index (κ1) is 16.0. The third kappa shape index (κ3) is 3.84. The first-order valence-corrected chi connectivity index (χ1v) is 7.45. The van der Waals surface area contributed by atoms with Crippen molar-refractivity contribution in [3.63, 3.8) is 0 Å². The third-order valence-corrected chi connectivity index (χ3v) is 4.34. The number of aliphatic hydroxyl groups excluding tert-OH is 1. The molecule has 1 aliphatic carbocycles. The third-order valence-electron chi connectivity index (χ3n) is 4.34. The normalized spacial score (nSPS) is 30.1. The number of nitrogens with zero attached hydrogens (tertiary/aromatic N) is 2. The first-order chi connectivity index (χ1) is 9.67. The molecular weight excluding hydrogens is 276 g/mol. The summed E-state index contributed by atoms with van der Waals surface area (Å²) in [6, 6.07) is 0. The van der Waals surface area contributed by atoms with Crippen LogP contribution in [0.1, 0.15) is 33.6 Å². The Kier molecular flexibility index (Phi) is 4.41. The van der Waals surface area contributed by atoms with E-state index in [4.69, 9.17) is 4.74 Å². The van der Waals surface area contributed by atoms with Crippen molar-refractivity contribution in [1.82, 2.24) is 4.90 Å². The molecule has 1 saturated carbocycles. The zero-order chi connectivity index (χ0) is 15.8. The highest BCUT2D eigenvalue weighted by atomic mass is 16.6. The van der Waals surface area contributed by atoms with Crippen molar-refractivity contribution in [3.05, 3.63) is 10.1 Å². The number of nitro groups is 1. The van der Waals surface area contributed by atoms with Crippen molar-refractivity contribution < 1.29 is 19.6 Å². The molecule has 2 bridgehead atoms. The summed E-state index contributed by atoms with van der Waals surface area (Å²) in [6.45, 7) is 6.10. The fraction of sp³-hybridized carbons (Fsp3) is 0.929. The molecule has 3 atom stereocenters. The Hall–Kier alpha value is -1.37. The summed E-state index contributed by atoms with van der Waals surface area (Å²) in [6.07, 6.45) is 0.562. The van der Waals surface area contributed by atoms with Crippen LogP contribution < -0.4 is 0 Å². The highest BCUT2D eigenvalue weighted by Gasteiger charge is 2.48. The van der Waals surface area contributed by atoms with Crippen LogP contribution in [0.15, 0.2) is 0 Å². The van der Waals surface area contributed by atoms with Crippen LogP contribution in [0, 0.1) is 27.9 Å². The average Bonchev–Trinajstić information content (AvgIpc) is 2.57. The number of fused-ring (bicyclic) bond motifs is 2. The van der Waals surface area contributed by atoms with Gasteiger partial charge < -0.3 is 14.7 Å². The van der Waals surface area contributed by atoms with Gasteiger partial charge in [-0.1, -0.05) is 0 Å². The molecular formula is C14H24N2O5. The van der Waals surface area contributed by atoms with Gasteiger partial charge in [-0.2, -0.15) is 0 Å². The quantitative estimate of drug-likeness (QED) is 0.630. The van der Waals surface area contributed by atoms with Gasteiger partial charge in [0.2, 0.25) is 6.54 Å². The number of hydrogen-bond donors (Lipinski definition) is 1. The Bertz CT molecular complexity index is 406. The Balaban J connectivity index is 1.98. The number of likely N-dealkylation sites (tertiary alicyclic amines) is 1. The second-order valence-electron chi connectivity index (χ2n) is 7.14. The minimum atomic E-state index is -0.918. The fourth-order valence-corrected chi connectivity index (χ4v) is 3.64. The van der Waals surface area contributed by atoms with Crippen LogP contribution in [0.3, 0.4) is 0 Å². The summed E-state index contributed by atoms with van der Waals surface area (Å²) >= 11 is 0. The number of carbonyl (C=O) groups is 1. The Morgan fingerprint density at radius 2 is 1.90 bits per heavy atom. The molecule has 1 saturated heterocycles. The molecule has 21 heavy (non-hydrogen) atoms. The molecule has 1 heterocycles. The Labute approximate surface area is 124 Å². The van der Waals surface area contributed by atoms with Gasteiger partial charge >= 0.3 is 6.09 Å². The number of piperidine rings is 1. The van der Waals surface area contributed by atoms with Crippen LogP contribution in [0.2, 0.25) is 0 Å². The number of ether oxygens (including phenoxy) is 1. The van der Waals surface area contributed by atoms with Crippen molar-refractivity contribution in [3.8, 4) is 0 Å². The van der Waals surface area contributed by atoms with E-state index in [1.165, 1.54) is 0 Å². The topological polar surface area (TPSA) is 92.9 Å². The highest BCUT2D eigenvalue weighted by Crippen LogP contribution is 2.44. The molecule has 120 valence electrons. The van der Waals surface area contributed by atoms with Gasteiger partial charge in [0.25, 0.3) is 0 Å². The molecule has 2 fully saturated rings. The van der Waals surface area contributed by atoms with Gasteiger partial charge in [0.15, 0.2) is 0 Å². The minimum Gasteiger partial charge on any atom is -0.444 e. The van der Waals surface area contributed by atoms with Crippen molar-refractivity contribution in [2.75, 3.05) is 19.6 Å². The zero-order valence-corrected chi connectivity index (χ0v) is 12.8. The summed E-state index contributed by atoms with van der Waals surface area (Å²) in [7, 11) is 0. The molecule has 2 unspecified atom stereocenters. The molecule has 7 nitrogen and oxygen atoms in total. The fourth-order valence-electron chi connectivity index (χ4n) is 3.64. The van der Waals surface area contributed by atoms with Crippen molar-refractivity contribution in [2.24, 2.45) is 17.8 Å². The maximum Gasteiger partial charge on any atom is 0.410 e. The largest absolute Gasteiger partial charge is 0.444 e. The second kappa shape index (κ2) is 5.79. The standard InChI is InChI=1S/C14H24N2O5/c1-14(2,3)21-13(18)15-6-9-4-5-10(7-15)12(9)11(17)8-16(19)20/h9-12,17H,4-8H2,1-3H3/t9?,10?,11-,12?/m1/s1. The van der Waals surface area contributed by atoms with E-state index in [1.54, 1.807) is 4.90 Å². The van der Waals surface area contributed by atoms with Crippen LogP contribution in [-0.2, 0) is 4.74 Å². The molecule has 0 radical (unpaired) electrons. The number of amides is 1. The van der Waals surface area contributed by atoms with Gasteiger partial charge in [-0.25, -0.2) is 4.79 Å². The maximum absolute atomic E-state index is 12.1. The second-order valence-corrected chi connectivity index (χ2v) is 7.14. The van der Waals surface area contributed by atoms with Crippen molar-refractivity contribution >= 4 is 6.09 Å². The molecule has 0 spiro atoms. The number of hydrogen-bond acceptors (Lipinski definition) is 5. The summed E-state index contributed by atoms with van der Waals surface area (Å²) < 4.78 is 5.38. The molecule has 2 rings (SSSR count). The van der Waals surface area contributed by atoms with E-state index in [1.807, 2.05) is 20.8 Å². The predicted octanol–water partition coefficient (Wildman–Crippen LogP) is 1.52. The highest BCUT2D eigenvalue weighted by molar-refractivity contribution is 5.68. The van der Waals surface area contributed by atoms with Gasteiger partial charge in [-0.05, 0) is 45.4 Å². The lowest BCUT2D eigenvalue weighted by atomic mass is 9.81. The van der Waals surface area contributed by atoms with Gasteiger partial charge in [0.05, 0.1) is 0 Å². The molecule has 1 N–H and O–H groups in total. The number of aliphatic hydroxyl groups is 1. The molecule has 1 amide bonds. The maximum atomic E-state index is 12.1. The smallest absolute Gasteiger partial charge is 0.410 e. The Morgan fingerprint density at radius 1 is 1.38 bits per heavy atom. The van der Waals surface area contributed by atoms with Crippen LogP contribution in [-0.4, -0.2) is 52.4 Å². The summed E-state index contributed by atoms with van der Waals surface area (Å²) in [5.41, 5.74) is -0.530. The minimum absolute atomic E-state index is 0.0749. The van der Waals surface area contributed by atoms with E-state index >= 15 is 0 Å². The van der Waals surface area contributed by atoms with E-state index in [2.05, 4.69) is 0 Å². The van der Waals surface area contributed by atoms with Gasteiger partial charge in [0.1, 0.15) is 11.7 Å². The van der Waals surface area contributed by atoms with E-state index < -0.39 is 23.2 Å². The lowest BCUT2D eigenvalue weighted by Crippen LogP contribution is -2.50. The van der Waals surface area contributed by atoms with Gasteiger partial charge in [-0.3, -0.25) is 10.1 Å². The SMILES string of the molecule is CC(C)(C)OC(=O)N1CC2CCC(C1)C2[C@H](O)C[N+](=O)[O-]. The summed E-state index contributed by atoms with van der Waals surface area (Å²) in [4.78, 5) is 23.9. The van der Waals surface area contributed by atoms with Crippen molar-refractivity contribution in [1.29, 1.82) is 0 Å². The lowest BCUT2D eigenvalue weighted by molar-refractivity contribution is -0.493. The summed E-state index contributed by atoms with van der Waals surface area (Å²) in [5.74, 6) is 0.187. The molecule has 0 aromatic heterocycles. The zero-order valence-electron chi connectivity index (χ0n) is 12.8. The van der Waals surface area contributed by atoms with Gasteiger partial charge in [-0.15, -0.1) is 0 Å². The lowest BCUT2D eigenvalue weighted by Gasteiger charge is -2.39. The molecule has 7 heteroatoms. The average molecular weight is 300 g/mol. The van der Waals surface area contributed by atoms with E-state index in [0.717, 1.165) is 12.8 Å². The number of carbonyl (C=O) groups excluding carboxylic acids is 1.